The van der Waals surface area contributed by atoms with Crippen LogP contribution in [0.2, 0.25) is 0 Å². The van der Waals surface area contributed by atoms with Gasteiger partial charge in [0.2, 0.25) is 0 Å². The Balaban J connectivity index is 2.28. The Kier molecular flexibility index (Phi) is 2.87. The maximum atomic E-state index is 3.46. The molecule has 1 aliphatic heterocycles. The number of hydrogen-bond donors (Lipinski definition) is 1. The molecule has 0 amide bonds. The Hall–Kier alpha value is -0.820. The monoisotopic (exact) mass is 189 g/mol. The molecule has 0 unspecified atom stereocenters. The van der Waals surface area contributed by atoms with Gasteiger partial charge in [0.05, 0.1) is 0 Å². The van der Waals surface area contributed by atoms with Crippen molar-refractivity contribution in [2.24, 2.45) is 0 Å². The molecule has 1 N–H and O–H groups in total. The molecule has 14 heavy (non-hydrogen) atoms. The molecule has 1 saturated heterocycles. The molecule has 1 nitrogen and oxygen atoms in total. The van der Waals surface area contributed by atoms with E-state index in [1.165, 1.54) is 29.7 Å². The average molecular weight is 189 g/mol. The SMILES string of the molecule is CCc1cc(CC)cc([C@@H]2CCN2)c1. The Morgan fingerprint density at radius 2 is 1.71 bits per heavy atom. The lowest BCUT2D eigenvalue weighted by molar-refractivity contribution is 0.383. The third kappa shape index (κ3) is 1.83. The van der Waals surface area contributed by atoms with Crippen molar-refractivity contribution < 1.29 is 0 Å². The Morgan fingerprint density at radius 3 is 2.07 bits per heavy atom. The molecule has 1 aliphatic rings. The molecule has 1 aromatic carbocycles. The van der Waals surface area contributed by atoms with Gasteiger partial charge in [0, 0.05) is 6.04 Å². The van der Waals surface area contributed by atoms with Gasteiger partial charge in [-0.1, -0.05) is 32.0 Å². The van der Waals surface area contributed by atoms with Crippen LogP contribution >= 0.6 is 0 Å². The first-order valence-electron chi connectivity index (χ1n) is 5.69. The molecule has 0 saturated carbocycles. The van der Waals surface area contributed by atoms with Gasteiger partial charge in [-0.15, -0.1) is 0 Å². The summed E-state index contributed by atoms with van der Waals surface area (Å²) in [6.07, 6.45) is 3.59. The molecular weight excluding hydrogens is 170 g/mol. The standard InChI is InChI=1S/C13H19N/c1-3-10-7-11(4-2)9-12(8-10)13-5-6-14-13/h7-9,13-14H,3-6H2,1-2H3/t13-/m0/s1. The molecule has 1 aromatic rings. The smallest absolute Gasteiger partial charge is 0.0332 e. The Morgan fingerprint density at radius 1 is 1.14 bits per heavy atom. The van der Waals surface area contributed by atoms with Gasteiger partial charge in [-0.05, 0) is 42.5 Å². The van der Waals surface area contributed by atoms with E-state index in [1.807, 2.05) is 0 Å². The maximum absolute atomic E-state index is 3.46. The van der Waals surface area contributed by atoms with Crippen LogP contribution in [0.3, 0.4) is 0 Å². The molecule has 1 heteroatoms. The van der Waals surface area contributed by atoms with Crippen molar-refractivity contribution in [3.05, 3.63) is 34.9 Å². The largest absolute Gasteiger partial charge is 0.310 e. The summed E-state index contributed by atoms with van der Waals surface area (Å²) in [6, 6.07) is 7.68. The molecule has 0 spiro atoms. The highest BCUT2D eigenvalue weighted by atomic mass is 15.0. The summed E-state index contributed by atoms with van der Waals surface area (Å²) in [5, 5.41) is 3.46. The zero-order valence-electron chi connectivity index (χ0n) is 9.14. The van der Waals surface area contributed by atoms with Crippen LogP contribution in [-0.2, 0) is 12.8 Å². The lowest BCUT2D eigenvalue weighted by Gasteiger charge is -2.28. The molecule has 0 bridgehead atoms. The maximum Gasteiger partial charge on any atom is 0.0332 e. The second-order valence-corrected chi connectivity index (χ2v) is 4.09. The van der Waals surface area contributed by atoms with Gasteiger partial charge in [0.1, 0.15) is 0 Å². The van der Waals surface area contributed by atoms with Crippen molar-refractivity contribution in [3.63, 3.8) is 0 Å². The average Bonchev–Trinajstić information content (AvgIpc) is 2.14. The Bertz CT molecular complexity index is 291. The highest BCUT2D eigenvalue weighted by molar-refractivity contribution is 5.33. The van der Waals surface area contributed by atoms with Crippen molar-refractivity contribution in [1.82, 2.24) is 5.32 Å². The summed E-state index contributed by atoms with van der Waals surface area (Å²) in [5.74, 6) is 0. The van der Waals surface area contributed by atoms with E-state index in [0.717, 1.165) is 12.8 Å². The molecular formula is C13H19N. The van der Waals surface area contributed by atoms with Gasteiger partial charge in [0.15, 0.2) is 0 Å². The normalized spacial score (nSPS) is 20.6. The summed E-state index contributed by atoms with van der Waals surface area (Å²) in [7, 11) is 0. The number of hydrogen-bond acceptors (Lipinski definition) is 1. The fourth-order valence-electron chi connectivity index (χ4n) is 1.97. The van der Waals surface area contributed by atoms with E-state index < -0.39 is 0 Å². The van der Waals surface area contributed by atoms with Gasteiger partial charge in [-0.25, -0.2) is 0 Å². The second kappa shape index (κ2) is 4.14. The fraction of sp³-hybridized carbons (Fsp3) is 0.538. The van der Waals surface area contributed by atoms with Gasteiger partial charge in [0.25, 0.3) is 0 Å². The van der Waals surface area contributed by atoms with Gasteiger partial charge in [-0.3, -0.25) is 0 Å². The third-order valence-corrected chi connectivity index (χ3v) is 3.12. The molecule has 76 valence electrons. The lowest BCUT2D eigenvalue weighted by Crippen LogP contribution is -2.35. The minimum atomic E-state index is 0.631. The van der Waals surface area contributed by atoms with Crippen LogP contribution < -0.4 is 5.32 Å². The van der Waals surface area contributed by atoms with Crippen LogP contribution in [0.4, 0.5) is 0 Å². The summed E-state index contributed by atoms with van der Waals surface area (Å²) in [4.78, 5) is 0. The molecule has 0 aliphatic carbocycles. The number of aryl methyl sites for hydroxylation is 2. The van der Waals surface area contributed by atoms with Crippen LogP contribution in [0.15, 0.2) is 18.2 Å². The van der Waals surface area contributed by atoms with E-state index >= 15 is 0 Å². The van der Waals surface area contributed by atoms with Crippen LogP contribution in [0.5, 0.6) is 0 Å². The van der Waals surface area contributed by atoms with Gasteiger partial charge >= 0.3 is 0 Å². The topological polar surface area (TPSA) is 12.0 Å². The number of nitrogens with one attached hydrogen (secondary N) is 1. The zero-order valence-corrected chi connectivity index (χ0v) is 9.14. The quantitative estimate of drug-likeness (QED) is 0.771. The van der Waals surface area contributed by atoms with Crippen molar-refractivity contribution >= 4 is 0 Å². The first kappa shape index (κ1) is 9.72. The lowest BCUT2D eigenvalue weighted by atomic mass is 9.93. The predicted molar refractivity (Wildman–Crippen MR) is 60.6 cm³/mol. The first-order chi connectivity index (χ1) is 6.83. The highest BCUT2D eigenvalue weighted by Gasteiger charge is 2.18. The minimum Gasteiger partial charge on any atom is -0.310 e. The molecule has 0 aromatic heterocycles. The van der Waals surface area contributed by atoms with E-state index in [-0.39, 0.29) is 0 Å². The second-order valence-electron chi connectivity index (χ2n) is 4.09. The Labute approximate surface area is 86.5 Å². The molecule has 1 fully saturated rings. The molecule has 1 heterocycles. The van der Waals surface area contributed by atoms with Gasteiger partial charge in [-0.2, -0.15) is 0 Å². The summed E-state index contributed by atoms with van der Waals surface area (Å²) in [6.45, 7) is 5.64. The zero-order chi connectivity index (χ0) is 9.97. The van der Waals surface area contributed by atoms with Crippen molar-refractivity contribution in [1.29, 1.82) is 0 Å². The fourth-order valence-corrected chi connectivity index (χ4v) is 1.97. The number of benzene rings is 1. The van der Waals surface area contributed by atoms with E-state index in [1.54, 1.807) is 0 Å². The van der Waals surface area contributed by atoms with Gasteiger partial charge < -0.3 is 5.32 Å². The molecule has 2 rings (SSSR count). The highest BCUT2D eigenvalue weighted by Crippen LogP contribution is 2.25. The van der Waals surface area contributed by atoms with Crippen molar-refractivity contribution in [2.45, 2.75) is 39.2 Å². The summed E-state index contributed by atoms with van der Waals surface area (Å²) >= 11 is 0. The van der Waals surface area contributed by atoms with Crippen molar-refractivity contribution in [2.75, 3.05) is 6.54 Å². The van der Waals surface area contributed by atoms with E-state index in [2.05, 4.69) is 37.4 Å². The summed E-state index contributed by atoms with van der Waals surface area (Å²) in [5.41, 5.74) is 4.45. The van der Waals surface area contributed by atoms with E-state index in [4.69, 9.17) is 0 Å². The number of rotatable bonds is 3. The van der Waals surface area contributed by atoms with Crippen LogP contribution in [0.25, 0.3) is 0 Å². The predicted octanol–water partition coefficient (Wildman–Crippen LogP) is 2.85. The molecule has 0 radical (unpaired) electrons. The summed E-state index contributed by atoms with van der Waals surface area (Å²) < 4.78 is 0. The third-order valence-electron chi connectivity index (χ3n) is 3.12. The first-order valence-corrected chi connectivity index (χ1v) is 5.69. The van der Waals surface area contributed by atoms with Crippen LogP contribution in [0, 0.1) is 0 Å². The molecule has 1 atom stereocenters. The van der Waals surface area contributed by atoms with Crippen LogP contribution in [-0.4, -0.2) is 6.54 Å². The minimum absolute atomic E-state index is 0.631. The van der Waals surface area contributed by atoms with Crippen molar-refractivity contribution in [3.8, 4) is 0 Å². The van der Waals surface area contributed by atoms with Crippen LogP contribution in [0.1, 0.15) is 43.0 Å². The van der Waals surface area contributed by atoms with E-state index in [9.17, 15) is 0 Å². The van der Waals surface area contributed by atoms with E-state index in [0.29, 0.717) is 6.04 Å².